The van der Waals surface area contributed by atoms with E-state index in [1.165, 1.54) is 18.2 Å². The minimum atomic E-state index is -4.55. The molecule has 0 radical (unpaired) electrons. The molecule has 0 saturated heterocycles. The van der Waals surface area contributed by atoms with Crippen molar-refractivity contribution < 1.29 is 32.5 Å². The van der Waals surface area contributed by atoms with Crippen molar-refractivity contribution in [1.29, 1.82) is 0 Å². The van der Waals surface area contributed by atoms with Gasteiger partial charge in [-0.2, -0.15) is 13.2 Å². The molecular weight excluding hydrogens is 483 g/mol. The standard InChI is InChI=1S/C29H22F3NO4/c30-29(31,32)24-15-4-3-11-20(24)21-12-6-13-22-23(27(33-26(21)22)37-28(34)35)14-7-17-36-25-16-5-9-18-8-1-2-10-19(18)25/h1-6,8-13,15-16,33H,7,14,17H2,(H,34,35). The molecular formula is C29H22F3NO4. The van der Waals surface area contributed by atoms with Crippen LogP contribution in [-0.4, -0.2) is 22.9 Å². The Balaban J connectivity index is 1.46. The molecule has 0 aliphatic heterocycles. The highest BCUT2D eigenvalue weighted by atomic mass is 19.4. The monoisotopic (exact) mass is 505 g/mol. The summed E-state index contributed by atoms with van der Waals surface area (Å²) in [5.41, 5.74) is 0.460. The number of alkyl halides is 3. The van der Waals surface area contributed by atoms with Gasteiger partial charge in [0.2, 0.25) is 5.88 Å². The molecule has 5 nitrogen and oxygen atoms in total. The molecule has 2 N–H and O–H groups in total. The average Bonchev–Trinajstić information content (AvgIpc) is 3.22. The topological polar surface area (TPSA) is 71.5 Å². The van der Waals surface area contributed by atoms with Crippen molar-refractivity contribution >= 4 is 27.8 Å². The molecule has 1 heterocycles. The molecule has 0 amide bonds. The first-order valence-corrected chi connectivity index (χ1v) is 11.6. The first-order valence-electron chi connectivity index (χ1n) is 11.6. The highest BCUT2D eigenvalue weighted by molar-refractivity contribution is 5.98. The van der Waals surface area contributed by atoms with E-state index in [0.29, 0.717) is 41.5 Å². The molecule has 5 rings (SSSR count). The summed E-state index contributed by atoms with van der Waals surface area (Å²) in [5, 5.41) is 11.9. The largest absolute Gasteiger partial charge is 0.512 e. The molecule has 8 heteroatoms. The van der Waals surface area contributed by atoms with Gasteiger partial charge in [-0.3, -0.25) is 0 Å². The van der Waals surface area contributed by atoms with Crippen molar-refractivity contribution in [3.63, 3.8) is 0 Å². The van der Waals surface area contributed by atoms with Gasteiger partial charge >= 0.3 is 12.3 Å². The van der Waals surface area contributed by atoms with E-state index < -0.39 is 17.9 Å². The van der Waals surface area contributed by atoms with Crippen LogP contribution >= 0.6 is 0 Å². The summed E-state index contributed by atoms with van der Waals surface area (Å²) in [6.07, 6.45) is -5.15. The fraction of sp³-hybridized carbons (Fsp3) is 0.138. The van der Waals surface area contributed by atoms with Crippen LogP contribution in [-0.2, 0) is 12.6 Å². The zero-order valence-electron chi connectivity index (χ0n) is 19.5. The maximum atomic E-state index is 13.7. The number of halogens is 3. The van der Waals surface area contributed by atoms with Crippen LogP contribution in [0.15, 0.2) is 84.9 Å². The third-order valence-electron chi connectivity index (χ3n) is 6.19. The quantitative estimate of drug-likeness (QED) is 0.173. The fourth-order valence-electron chi connectivity index (χ4n) is 4.61. The number of H-pyrrole nitrogens is 1. The van der Waals surface area contributed by atoms with Gasteiger partial charge in [-0.15, -0.1) is 0 Å². The second kappa shape index (κ2) is 9.89. The number of nitrogens with one attached hydrogen (secondary N) is 1. The molecule has 0 aliphatic carbocycles. The van der Waals surface area contributed by atoms with E-state index in [-0.39, 0.29) is 11.4 Å². The number of carbonyl (C=O) groups is 1. The van der Waals surface area contributed by atoms with Crippen LogP contribution in [0.4, 0.5) is 18.0 Å². The summed E-state index contributed by atoms with van der Waals surface area (Å²) in [6.45, 7) is 0.351. The number of aromatic nitrogens is 1. The van der Waals surface area contributed by atoms with Crippen LogP contribution in [0.2, 0.25) is 0 Å². The van der Waals surface area contributed by atoms with Gasteiger partial charge in [0.25, 0.3) is 0 Å². The van der Waals surface area contributed by atoms with Crippen LogP contribution < -0.4 is 9.47 Å². The summed E-state index contributed by atoms with van der Waals surface area (Å²) >= 11 is 0. The Labute approximate surface area is 210 Å². The molecule has 0 fully saturated rings. The smallest absolute Gasteiger partial charge is 0.493 e. The third-order valence-corrected chi connectivity index (χ3v) is 6.19. The second-order valence-corrected chi connectivity index (χ2v) is 8.50. The van der Waals surface area contributed by atoms with Crippen LogP contribution in [0, 0.1) is 0 Å². The molecule has 1 aromatic heterocycles. The van der Waals surface area contributed by atoms with E-state index in [2.05, 4.69) is 4.98 Å². The molecule has 0 unspecified atom stereocenters. The maximum Gasteiger partial charge on any atom is 0.512 e. The molecule has 37 heavy (non-hydrogen) atoms. The van der Waals surface area contributed by atoms with Crippen molar-refractivity contribution in [2.24, 2.45) is 0 Å². The Morgan fingerprint density at radius 3 is 2.32 bits per heavy atom. The third kappa shape index (κ3) is 4.95. The number of ether oxygens (including phenoxy) is 2. The lowest BCUT2D eigenvalue weighted by Gasteiger charge is -2.13. The number of hydrogen-bond acceptors (Lipinski definition) is 3. The minimum Gasteiger partial charge on any atom is -0.493 e. The molecule has 0 bridgehead atoms. The Morgan fingerprint density at radius 2 is 1.51 bits per heavy atom. The number of aromatic amines is 1. The predicted molar refractivity (Wildman–Crippen MR) is 135 cm³/mol. The lowest BCUT2D eigenvalue weighted by atomic mass is 9.96. The summed E-state index contributed by atoms with van der Waals surface area (Å²) < 4.78 is 52.1. The van der Waals surface area contributed by atoms with Gasteiger partial charge in [0, 0.05) is 21.9 Å². The van der Waals surface area contributed by atoms with E-state index >= 15 is 0 Å². The van der Waals surface area contributed by atoms with Crippen molar-refractivity contribution in [2.45, 2.75) is 19.0 Å². The Kier molecular flexibility index (Phi) is 6.48. The zero-order valence-corrected chi connectivity index (χ0v) is 19.5. The van der Waals surface area contributed by atoms with E-state index in [1.807, 2.05) is 42.5 Å². The summed E-state index contributed by atoms with van der Waals surface area (Å²) in [7, 11) is 0. The van der Waals surface area contributed by atoms with Crippen LogP contribution in [0.5, 0.6) is 11.6 Å². The van der Waals surface area contributed by atoms with Gasteiger partial charge in [-0.1, -0.05) is 72.8 Å². The fourth-order valence-corrected chi connectivity index (χ4v) is 4.61. The van der Waals surface area contributed by atoms with Gasteiger partial charge < -0.3 is 19.6 Å². The van der Waals surface area contributed by atoms with Crippen molar-refractivity contribution in [3.8, 4) is 22.8 Å². The average molecular weight is 505 g/mol. The number of aryl methyl sites for hydroxylation is 1. The van der Waals surface area contributed by atoms with Gasteiger partial charge in [-0.05, 0) is 35.9 Å². The van der Waals surface area contributed by atoms with Crippen molar-refractivity contribution in [3.05, 3.63) is 96.1 Å². The first kappa shape index (κ1) is 24.2. The number of benzene rings is 4. The molecule has 5 aromatic rings. The van der Waals surface area contributed by atoms with E-state index in [1.54, 1.807) is 18.2 Å². The highest BCUT2D eigenvalue weighted by Crippen LogP contribution is 2.41. The van der Waals surface area contributed by atoms with Gasteiger partial charge in [-0.25, -0.2) is 4.79 Å². The highest BCUT2D eigenvalue weighted by Gasteiger charge is 2.34. The predicted octanol–water partition coefficient (Wildman–Crippen LogP) is 8.08. The summed E-state index contributed by atoms with van der Waals surface area (Å²) in [6, 6.07) is 23.9. The summed E-state index contributed by atoms with van der Waals surface area (Å²) in [4.78, 5) is 14.3. The Hall–Kier alpha value is -4.46. The lowest BCUT2D eigenvalue weighted by Crippen LogP contribution is -2.07. The maximum absolute atomic E-state index is 13.7. The second-order valence-electron chi connectivity index (χ2n) is 8.50. The van der Waals surface area contributed by atoms with Crippen LogP contribution in [0.25, 0.3) is 32.8 Å². The molecule has 0 saturated carbocycles. The van der Waals surface area contributed by atoms with Gasteiger partial charge in [0.05, 0.1) is 17.7 Å². The van der Waals surface area contributed by atoms with Crippen LogP contribution in [0.1, 0.15) is 17.5 Å². The van der Waals surface area contributed by atoms with E-state index in [9.17, 15) is 23.1 Å². The number of para-hydroxylation sites is 1. The Morgan fingerprint density at radius 1 is 0.838 bits per heavy atom. The molecule has 188 valence electrons. The number of rotatable bonds is 7. The summed E-state index contributed by atoms with van der Waals surface area (Å²) in [5.74, 6) is 0.731. The van der Waals surface area contributed by atoms with E-state index in [4.69, 9.17) is 9.47 Å². The van der Waals surface area contributed by atoms with Gasteiger partial charge in [0.15, 0.2) is 0 Å². The SMILES string of the molecule is O=C(O)Oc1[nH]c2c(-c3ccccc3C(F)(F)F)cccc2c1CCCOc1cccc2ccccc12. The van der Waals surface area contributed by atoms with E-state index in [0.717, 1.165) is 22.6 Å². The lowest BCUT2D eigenvalue weighted by molar-refractivity contribution is -0.137. The number of carboxylic acid groups (broad SMARTS) is 1. The normalized spacial score (nSPS) is 11.6. The molecule has 4 aromatic carbocycles. The number of hydrogen-bond donors (Lipinski definition) is 2. The molecule has 0 atom stereocenters. The minimum absolute atomic E-state index is 0.00503. The zero-order chi connectivity index (χ0) is 26.0. The van der Waals surface area contributed by atoms with Crippen molar-refractivity contribution in [1.82, 2.24) is 4.98 Å². The van der Waals surface area contributed by atoms with Crippen LogP contribution in [0.3, 0.4) is 0 Å². The number of fused-ring (bicyclic) bond motifs is 2. The molecule has 0 spiro atoms. The van der Waals surface area contributed by atoms with Crippen molar-refractivity contribution in [2.75, 3.05) is 6.61 Å². The Bertz CT molecular complexity index is 1580. The first-order chi connectivity index (χ1) is 17.8. The van der Waals surface area contributed by atoms with Gasteiger partial charge in [0.1, 0.15) is 5.75 Å². The molecule has 0 aliphatic rings.